The number of rotatable bonds is 3. The van der Waals surface area contributed by atoms with Gasteiger partial charge in [0.25, 0.3) is 0 Å². The van der Waals surface area contributed by atoms with Gasteiger partial charge in [0, 0.05) is 17.7 Å². The molecule has 1 nitrogen and oxygen atoms in total. The maximum atomic E-state index is 13.9. The first kappa shape index (κ1) is 19.4. The third-order valence-corrected chi connectivity index (χ3v) is 3.04. The summed E-state index contributed by atoms with van der Waals surface area (Å²) in [5, 5.41) is 0. The first-order valence-electron chi connectivity index (χ1n) is 6.94. The second-order valence-corrected chi connectivity index (χ2v) is 4.92. The van der Waals surface area contributed by atoms with Gasteiger partial charge in [-0.25, -0.2) is 17.6 Å². The monoisotopic (exact) mass is 374 g/mol. The van der Waals surface area contributed by atoms with E-state index in [9.17, 15) is 30.7 Å². The van der Waals surface area contributed by atoms with Crippen LogP contribution in [-0.2, 0) is 6.18 Å². The van der Waals surface area contributed by atoms with Crippen molar-refractivity contribution in [1.82, 2.24) is 0 Å². The topological polar surface area (TPSA) is 9.23 Å². The highest BCUT2D eigenvalue weighted by molar-refractivity contribution is 5.47. The van der Waals surface area contributed by atoms with Gasteiger partial charge in [0.1, 0.15) is 41.2 Å². The molecule has 2 aromatic carbocycles. The number of hydrogen-bond acceptors (Lipinski definition) is 1. The van der Waals surface area contributed by atoms with Crippen molar-refractivity contribution in [2.24, 2.45) is 0 Å². The van der Waals surface area contributed by atoms with Crippen LogP contribution in [0.1, 0.15) is 16.7 Å². The predicted octanol–water partition coefficient (Wildman–Crippen LogP) is 5.23. The van der Waals surface area contributed by atoms with Crippen LogP contribution in [0.4, 0.5) is 30.7 Å². The number of benzene rings is 2. The van der Waals surface area contributed by atoms with E-state index in [4.69, 9.17) is 4.74 Å². The lowest BCUT2D eigenvalue weighted by molar-refractivity contribution is -0.142. The van der Waals surface area contributed by atoms with Gasteiger partial charge in [-0.05, 0) is 12.1 Å². The van der Waals surface area contributed by atoms with E-state index >= 15 is 0 Å². The molecule has 0 heterocycles. The van der Waals surface area contributed by atoms with Crippen LogP contribution in [0.3, 0.4) is 0 Å². The summed E-state index contributed by atoms with van der Waals surface area (Å²) in [4.78, 5) is 0. The fraction of sp³-hybridized carbons (Fsp3) is 0.111. The van der Waals surface area contributed by atoms with Gasteiger partial charge >= 0.3 is 6.18 Å². The number of ether oxygens (including phenoxy) is 1. The molecule has 0 aliphatic heterocycles. The van der Waals surface area contributed by atoms with Crippen LogP contribution in [0, 0.1) is 35.1 Å². The van der Waals surface area contributed by atoms with E-state index in [1.807, 2.05) is 11.8 Å². The molecule has 0 bridgehead atoms. The molecule has 0 aliphatic carbocycles. The van der Waals surface area contributed by atoms with Crippen molar-refractivity contribution in [3.63, 3.8) is 0 Å². The quantitative estimate of drug-likeness (QED) is 0.406. The highest BCUT2D eigenvalue weighted by Crippen LogP contribution is 2.33. The van der Waals surface area contributed by atoms with Crippen molar-refractivity contribution < 1.29 is 35.5 Å². The summed E-state index contributed by atoms with van der Waals surface area (Å²) in [5.74, 6) is -2.06. The molecule has 8 heteroatoms. The van der Waals surface area contributed by atoms with Gasteiger partial charge in [-0.15, -0.1) is 0 Å². The Labute approximate surface area is 143 Å². The highest BCUT2D eigenvalue weighted by Gasteiger charge is 2.37. The van der Waals surface area contributed by atoms with Gasteiger partial charge in [-0.3, -0.25) is 0 Å². The molecule has 0 aliphatic rings. The molecule has 0 unspecified atom stereocenters. The summed E-state index contributed by atoms with van der Waals surface area (Å²) in [6.45, 7) is 3.38. The van der Waals surface area contributed by atoms with E-state index in [0.29, 0.717) is 12.1 Å². The van der Waals surface area contributed by atoms with E-state index in [1.54, 1.807) is 0 Å². The predicted molar refractivity (Wildman–Crippen MR) is 79.4 cm³/mol. The number of halogens is 7. The van der Waals surface area contributed by atoms with Crippen LogP contribution >= 0.6 is 0 Å². The molecular formula is C18H9F7O. The normalized spacial score (nSPS) is 10.9. The van der Waals surface area contributed by atoms with Crippen LogP contribution in [0.2, 0.25) is 0 Å². The first-order chi connectivity index (χ1) is 12.1. The Kier molecular flexibility index (Phi) is 5.60. The van der Waals surface area contributed by atoms with Crippen LogP contribution in [-0.4, -0.2) is 6.61 Å². The Balaban J connectivity index is 2.40. The molecule has 0 saturated heterocycles. The molecule has 0 amide bonds. The van der Waals surface area contributed by atoms with Crippen molar-refractivity contribution in [3.05, 3.63) is 76.9 Å². The third kappa shape index (κ3) is 4.36. The van der Waals surface area contributed by atoms with E-state index in [2.05, 4.69) is 6.58 Å². The lowest BCUT2D eigenvalue weighted by atomic mass is 10.1. The molecule has 2 rings (SSSR count). The van der Waals surface area contributed by atoms with Crippen LogP contribution < -0.4 is 4.74 Å². The summed E-state index contributed by atoms with van der Waals surface area (Å²) >= 11 is 0. The zero-order valence-electron chi connectivity index (χ0n) is 12.9. The molecule has 0 saturated carbocycles. The van der Waals surface area contributed by atoms with E-state index in [1.165, 1.54) is 6.08 Å². The van der Waals surface area contributed by atoms with Gasteiger partial charge in [-0.2, -0.15) is 13.2 Å². The van der Waals surface area contributed by atoms with Gasteiger partial charge in [0.05, 0.1) is 5.56 Å². The lowest BCUT2D eigenvalue weighted by Gasteiger charge is -2.09. The average molecular weight is 374 g/mol. The Morgan fingerprint density at radius 1 is 0.885 bits per heavy atom. The number of hydrogen-bond donors (Lipinski definition) is 0. The van der Waals surface area contributed by atoms with Crippen molar-refractivity contribution >= 4 is 0 Å². The Bertz CT molecular complexity index is 858. The SMILES string of the molecule is C=CCOc1cc(F)c(C#Cc2cc(F)c(C(F)(F)F)c(F)c2)c(F)c1. The second kappa shape index (κ2) is 7.52. The molecule has 0 atom stereocenters. The lowest BCUT2D eigenvalue weighted by Crippen LogP contribution is -2.11. The maximum Gasteiger partial charge on any atom is 0.422 e. The largest absolute Gasteiger partial charge is 0.489 e. The van der Waals surface area contributed by atoms with E-state index in [0.717, 1.165) is 12.1 Å². The fourth-order valence-corrected chi connectivity index (χ4v) is 1.96. The van der Waals surface area contributed by atoms with Crippen LogP contribution in [0.25, 0.3) is 0 Å². The van der Waals surface area contributed by atoms with E-state index < -0.39 is 46.1 Å². The second-order valence-electron chi connectivity index (χ2n) is 4.92. The standard InChI is InChI=1S/C18H9F7O/c1-2-5-26-11-8-13(19)12(14(20)9-11)4-3-10-6-15(21)17(16(22)7-10)18(23,24)25/h2,6-9H,1,5H2. The molecule has 0 spiro atoms. The molecule has 26 heavy (non-hydrogen) atoms. The number of alkyl halides is 3. The van der Waals surface area contributed by atoms with Gasteiger partial charge < -0.3 is 4.74 Å². The van der Waals surface area contributed by atoms with Crippen molar-refractivity contribution in [2.45, 2.75) is 6.18 Å². The van der Waals surface area contributed by atoms with E-state index in [-0.39, 0.29) is 12.4 Å². The summed E-state index contributed by atoms with van der Waals surface area (Å²) in [7, 11) is 0. The summed E-state index contributed by atoms with van der Waals surface area (Å²) < 4.78 is 97.1. The smallest absolute Gasteiger partial charge is 0.422 e. The maximum absolute atomic E-state index is 13.9. The Morgan fingerprint density at radius 2 is 1.42 bits per heavy atom. The molecule has 0 radical (unpaired) electrons. The minimum atomic E-state index is -5.22. The Hall–Kier alpha value is -2.95. The molecule has 0 fully saturated rings. The average Bonchev–Trinajstić information content (AvgIpc) is 2.50. The zero-order chi connectivity index (χ0) is 19.5. The van der Waals surface area contributed by atoms with Crippen molar-refractivity contribution in [3.8, 4) is 17.6 Å². The minimum Gasteiger partial charge on any atom is -0.489 e. The summed E-state index contributed by atoms with van der Waals surface area (Å²) in [5.41, 5.74) is -3.31. The van der Waals surface area contributed by atoms with Crippen LogP contribution in [0.15, 0.2) is 36.9 Å². The molecule has 0 N–H and O–H groups in total. The minimum absolute atomic E-state index is 0.00795. The Morgan fingerprint density at radius 3 is 1.88 bits per heavy atom. The van der Waals surface area contributed by atoms with Gasteiger partial charge in [0.15, 0.2) is 0 Å². The molecule has 2 aromatic rings. The molecule has 0 aromatic heterocycles. The third-order valence-electron chi connectivity index (χ3n) is 3.04. The molecular weight excluding hydrogens is 365 g/mol. The van der Waals surface area contributed by atoms with Gasteiger partial charge in [0.2, 0.25) is 0 Å². The summed E-state index contributed by atoms with van der Waals surface area (Å²) in [6.07, 6.45) is -3.86. The van der Waals surface area contributed by atoms with Crippen molar-refractivity contribution in [1.29, 1.82) is 0 Å². The summed E-state index contributed by atoms with van der Waals surface area (Å²) in [6, 6.07) is 2.33. The molecule has 136 valence electrons. The van der Waals surface area contributed by atoms with Crippen molar-refractivity contribution in [2.75, 3.05) is 6.61 Å². The fourth-order valence-electron chi connectivity index (χ4n) is 1.96. The zero-order valence-corrected chi connectivity index (χ0v) is 12.9. The van der Waals surface area contributed by atoms with Gasteiger partial charge in [-0.1, -0.05) is 24.5 Å². The highest BCUT2D eigenvalue weighted by atomic mass is 19.4. The first-order valence-corrected chi connectivity index (χ1v) is 6.94. The van der Waals surface area contributed by atoms with Crippen LogP contribution in [0.5, 0.6) is 5.75 Å².